The van der Waals surface area contributed by atoms with E-state index in [0.717, 1.165) is 6.54 Å². The molecule has 0 spiro atoms. The van der Waals surface area contributed by atoms with Gasteiger partial charge < -0.3 is 10.1 Å². The van der Waals surface area contributed by atoms with E-state index in [2.05, 4.69) is 5.32 Å². The van der Waals surface area contributed by atoms with E-state index >= 15 is 0 Å². The first-order chi connectivity index (χ1) is 3.93. The maximum atomic E-state index is 5.16. The van der Waals surface area contributed by atoms with Crippen molar-refractivity contribution in [2.75, 3.05) is 20.2 Å². The molecular formula is C6H14NO+. The molecule has 48 valence electrons. The zero-order valence-corrected chi connectivity index (χ0v) is 5.39. The van der Waals surface area contributed by atoms with Gasteiger partial charge in [0.15, 0.2) is 0 Å². The van der Waals surface area contributed by atoms with Gasteiger partial charge in [-0.3, -0.25) is 0 Å². The van der Waals surface area contributed by atoms with Gasteiger partial charge in [0.2, 0.25) is 0 Å². The van der Waals surface area contributed by atoms with Crippen LogP contribution in [0.4, 0.5) is 0 Å². The van der Waals surface area contributed by atoms with Crippen molar-refractivity contribution in [2.45, 2.75) is 18.9 Å². The predicted molar refractivity (Wildman–Crippen MR) is 31.7 cm³/mol. The molecule has 2 N–H and O–H groups in total. The van der Waals surface area contributed by atoms with Crippen molar-refractivity contribution in [3.63, 3.8) is 0 Å². The van der Waals surface area contributed by atoms with E-state index < -0.39 is 0 Å². The average Bonchev–Trinajstić information content (AvgIpc) is 1.90. The van der Waals surface area contributed by atoms with Gasteiger partial charge in [-0.1, -0.05) is 0 Å². The minimum atomic E-state index is 0.531. The fraction of sp³-hybridized carbons (Fsp3) is 1.00. The van der Waals surface area contributed by atoms with Gasteiger partial charge in [0.1, 0.15) is 12.6 Å². The Hall–Kier alpha value is -0.0800. The molecule has 0 aromatic heterocycles. The van der Waals surface area contributed by atoms with E-state index in [-0.39, 0.29) is 0 Å². The normalized spacial score (nSPS) is 30.4. The quantitative estimate of drug-likeness (QED) is 0.484. The Bertz CT molecular complexity index is 59.5. The van der Waals surface area contributed by atoms with Crippen LogP contribution in [0.3, 0.4) is 0 Å². The molecule has 0 unspecified atom stereocenters. The first kappa shape index (κ1) is 6.05. The standard InChI is InChI=1S/C6H13NO/c1-8-6-3-2-4-7-5-6/h6-7H,2-5H2,1H3/p+1/t6-/m0/s1. The van der Waals surface area contributed by atoms with Crippen molar-refractivity contribution < 1.29 is 10.1 Å². The Kier molecular flexibility index (Phi) is 2.30. The molecule has 1 fully saturated rings. The zero-order valence-electron chi connectivity index (χ0n) is 5.39. The molecule has 0 amide bonds. The molecule has 8 heavy (non-hydrogen) atoms. The monoisotopic (exact) mass is 116 g/mol. The molecule has 2 heteroatoms. The predicted octanol–water partition coefficient (Wildman–Crippen LogP) is -0.641. The van der Waals surface area contributed by atoms with E-state index in [1.54, 1.807) is 7.11 Å². The van der Waals surface area contributed by atoms with E-state index in [4.69, 9.17) is 4.74 Å². The van der Waals surface area contributed by atoms with Crippen molar-refractivity contribution in [1.82, 2.24) is 0 Å². The van der Waals surface area contributed by atoms with Crippen LogP contribution in [0, 0.1) is 0 Å². The van der Waals surface area contributed by atoms with Crippen LogP contribution in [0.1, 0.15) is 12.8 Å². The van der Waals surface area contributed by atoms with Crippen LogP contribution >= 0.6 is 0 Å². The highest BCUT2D eigenvalue weighted by Crippen LogP contribution is 1.99. The second-order valence-corrected chi connectivity index (χ2v) is 2.31. The number of hydrogen-bond acceptors (Lipinski definition) is 1. The molecule has 1 aliphatic heterocycles. The summed E-state index contributed by atoms with van der Waals surface area (Å²) < 4.78 is 5.16. The summed E-state index contributed by atoms with van der Waals surface area (Å²) in [6, 6.07) is 0. The lowest BCUT2D eigenvalue weighted by Gasteiger charge is -2.17. The minimum absolute atomic E-state index is 0.531. The van der Waals surface area contributed by atoms with Crippen molar-refractivity contribution in [3.8, 4) is 0 Å². The number of ether oxygens (including phenoxy) is 1. The molecule has 2 nitrogen and oxygen atoms in total. The Morgan fingerprint density at radius 3 is 2.88 bits per heavy atom. The van der Waals surface area contributed by atoms with Crippen molar-refractivity contribution >= 4 is 0 Å². The van der Waals surface area contributed by atoms with Crippen LogP contribution in [-0.4, -0.2) is 26.3 Å². The molecule has 0 aromatic rings. The van der Waals surface area contributed by atoms with Crippen LogP contribution < -0.4 is 5.32 Å². The molecule has 0 bridgehead atoms. The van der Waals surface area contributed by atoms with Gasteiger partial charge in [-0.15, -0.1) is 0 Å². The Balaban J connectivity index is 2.13. The highest BCUT2D eigenvalue weighted by molar-refractivity contribution is 4.56. The summed E-state index contributed by atoms with van der Waals surface area (Å²) in [4.78, 5) is 0. The lowest BCUT2D eigenvalue weighted by Crippen LogP contribution is -2.88. The summed E-state index contributed by atoms with van der Waals surface area (Å²) in [7, 11) is 1.80. The summed E-state index contributed by atoms with van der Waals surface area (Å²) in [5, 5.41) is 2.32. The Morgan fingerprint density at radius 2 is 2.50 bits per heavy atom. The van der Waals surface area contributed by atoms with Crippen LogP contribution in [0.5, 0.6) is 0 Å². The third-order valence-corrected chi connectivity index (χ3v) is 1.70. The molecule has 1 rings (SSSR count). The van der Waals surface area contributed by atoms with E-state index in [9.17, 15) is 0 Å². The topological polar surface area (TPSA) is 25.8 Å². The van der Waals surface area contributed by atoms with E-state index in [1.165, 1.54) is 19.4 Å². The van der Waals surface area contributed by atoms with Crippen LogP contribution in [0.2, 0.25) is 0 Å². The lowest BCUT2D eigenvalue weighted by molar-refractivity contribution is -0.669. The molecule has 0 aromatic carbocycles. The van der Waals surface area contributed by atoms with Gasteiger partial charge >= 0.3 is 0 Å². The first-order valence-electron chi connectivity index (χ1n) is 3.28. The van der Waals surface area contributed by atoms with Crippen LogP contribution in [-0.2, 0) is 4.74 Å². The van der Waals surface area contributed by atoms with Crippen molar-refractivity contribution in [2.24, 2.45) is 0 Å². The largest absolute Gasteiger partial charge is 0.376 e. The first-order valence-corrected chi connectivity index (χ1v) is 3.28. The summed E-state index contributed by atoms with van der Waals surface area (Å²) in [5.41, 5.74) is 0. The van der Waals surface area contributed by atoms with Crippen molar-refractivity contribution in [3.05, 3.63) is 0 Å². The number of methoxy groups -OCH3 is 1. The third kappa shape index (κ3) is 1.46. The molecule has 1 aliphatic rings. The summed E-state index contributed by atoms with van der Waals surface area (Å²) in [6.45, 7) is 2.45. The number of rotatable bonds is 1. The van der Waals surface area contributed by atoms with Gasteiger partial charge in [0.05, 0.1) is 6.54 Å². The minimum Gasteiger partial charge on any atom is -0.376 e. The highest BCUT2D eigenvalue weighted by atomic mass is 16.5. The summed E-state index contributed by atoms with van der Waals surface area (Å²) in [5.74, 6) is 0. The van der Waals surface area contributed by atoms with E-state index in [1.807, 2.05) is 0 Å². The third-order valence-electron chi connectivity index (χ3n) is 1.70. The van der Waals surface area contributed by atoms with Crippen molar-refractivity contribution in [1.29, 1.82) is 0 Å². The SMILES string of the molecule is CO[C@H]1CCC[NH2+]C1. The molecule has 0 radical (unpaired) electrons. The molecule has 0 saturated carbocycles. The van der Waals surface area contributed by atoms with Gasteiger partial charge in [0, 0.05) is 7.11 Å². The smallest absolute Gasteiger partial charge is 0.106 e. The van der Waals surface area contributed by atoms with Gasteiger partial charge in [0.25, 0.3) is 0 Å². The number of hydrogen-bond donors (Lipinski definition) is 1. The van der Waals surface area contributed by atoms with Gasteiger partial charge in [-0.25, -0.2) is 0 Å². The number of nitrogens with two attached hydrogens (primary N) is 1. The second-order valence-electron chi connectivity index (χ2n) is 2.31. The fourth-order valence-corrected chi connectivity index (χ4v) is 1.13. The molecule has 1 heterocycles. The lowest BCUT2D eigenvalue weighted by atomic mass is 10.1. The number of piperidine rings is 1. The average molecular weight is 116 g/mol. The number of quaternary nitrogens is 1. The molecule has 1 atom stereocenters. The highest BCUT2D eigenvalue weighted by Gasteiger charge is 2.13. The molecule has 1 saturated heterocycles. The maximum Gasteiger partial charge on any atom is 0.106 e. The zero-order chi connectivity index (χ0) is 5.82. The molecular weight excluding hydrogens is 102 g/mol. The maximum absolute atomic E-state index is 5.16. The van der Waals surface area contributed by atoms with Crippen LogP contribution in [0.15, 0.2) is 0 Å². The second kappa shape index (κ2) is 3.05. The van der Waals surface area contributed by atoms with E-state index in [0.29, 0.717) is 6.10 Å². The Morgan fingerprint density at radius 1 is 1.62 bits per heavy atom. The fourth-order valence-electron chi connectivity index (χ4n) is 1.13. The summed E-state index contributed by atoms with van der Waals surface area (Å²) >= 11 is 0. The molecule has 0 aliphatic carbocycles. The van der Waals surface area contributed by atoms with Gasteiger partial charge in [-0.2, -0.15) is 0 Å². The summed E-state index contributed by atoms with van der Waals surface area (Å²) in [6.07, 6.45) is 3.11. The van der Waals surface area contributed by atoms with Crippen LogP contribution in [0.25, 0.3) is 0 Å². The van der Waals surface area contributed by atoms with Gasteiger partial charge in [-0.05, 0) is 12.8 Å². The Labute approximate surface area is 50.2 Å².